The summed E-state index contributed by atoms with van der Waals surface area (Å²) in [6, 6.07) is 2.40. The zero-order chi connectivity index (χ0) is 26.7. The van der Waals surface area contributed by atoms with Gasteiger partial charge in [0, 0.05) is 18.2 Å². The molecule has 0 amide bonds. The van der Waals surface area contributed by atoms with Crippen molar-refractivity contribution in [2.45, 2.75) is 48.7 Å². The number of fused-ring (bicyclic) bond motifs is 5. The first-order valence-corrected chi connectivity index (χ1v) is 9.76. The molecule has 3 aliphatic heterocycles. The molecule has 3 aliphatic rings. The molecule has 2 aromatic heterocycles. The number of rotatable bonds is 4. The number of esters is 1. The normalized spacial score (nSPS) is 43.2. The van der Waals surface area contributed by atoms with Gasteiger partial charge < -0.3 is 36.0 Å². The molecule has 5 heterocycles. The number of quaternary nitrogens is 1. The Morgan fingerprint density at radius 1 is 1.26 bits per heavy atom. The second-order valence-electron chi connectivity index (χ2n) is 6.52. The Morgan fingerprint density at radius 3 is 2.26 bits per heavy atom. The maximum absolute atomic E-state index is 13.5. The minimum Gasteiger partial charge on any atom is -1.00 e. The number of carbonyl (C=O) groups is 1. The molecule has 4 unspecified atom stereocenters. The summed E-state index contributed by atoms with van der Waals surface area (Å²) in [7, 11) is 0. The van der Waals surface area contributed by atoms with Gasteiger partial charge in [0.15, 0.2) is 0 Å². The van der Waals surface area contributed by atoms with Crippen LogP contribution >= 0.6 is 22.7 Å². The van der Waals surface area contributed by atoms with Gasteiger partial charge in [-0.3, -0.25) is 0 Å². The highest BCUT2D eigenvalue weighted by Gasteiger charge is 2.71. The maximum Gasteiger partial charge on any atom is 0.349 e. The first-order chi connectivity index (χ1) is 16.4. The summed E-state index contributed by atoms with van der Waals surface area (Å²) >= 11 is 2.08. The molecule has 0 aliphatic carbocycles. The van der Waals surface area contributed by atoms with Gasteiger partial charge >= 0.3 is 5.97 Å². The second-order valence-corrected chi connectivity index (χ2v) is 8.41. The lowest BCUT2D eigenvalue weighted by Gasteiger charge is -2.45. The van der Waals surface area contributed by atoms with Crippen molar-refractivity contribution in [1.82, 2.24) is 0 Å². The molecule has 5 nitrogen and oxygen atoms in total. The second kappa shape index (κ2) is 6.64. The van der Waals surface area contributed by atoms with Crippen molar-refractivity contribution < 1.29 is 54.5 Å². The van der Waals surface area contributed by atoms with Gasteiger partial charge in [0.05, 0.1) is 31.9 Å². The van der Waals surface area contributed by atoms with Crippen LogP contribution in [0.4, 0.5) is 0 Å². The van der Waals surface area contributed by atoms with E-state index in [-0.39, 0.29) is 26.7 Å². The minimum atomic E-state index is -3.33. The van der Waals surface area contributed by atoms with Crippen LogP contribution in [0.1, 0.15) is 36.2 Å². The van der Waals surface area contributed by atoms with E-state index in [1.807, 2.05) is 0 Å². The van der Waals surface area contributed by atoms with Crippen LogP contribution in [-0.2, 0) is 19.9 Å². The van der Waals surface area contributed by atoms with E-state index in [2.05, 4.69) is 0 Å². The summed E-state index contributed by atoms with van der Waals surface area (Å²) in [6.07, 6.45) is -10.6. The van der Waals surface area contributed by atoms with Crippen LogP contribution in [0.2, 0.25) is 0 Å². The van der Waals surface area contributed by atoms with E-state index in [1.165, 1.54) is 12.1 Å². The molecule has 0 saturated carbocycles. The van der Waals surface area contributed by atoms with Crippen molar-refractivity contribution in [1.29, 1.82) is 0 Å². The highest BCUT2D eigenvalue weighted by Crippen LogP contribution is 2.52. The van der Waals surface area contributed by atoms with Gasteiger partial charge in [-0.05, 0) is 22.9 Å². The maximum atomic E-state index is 13.5. The molecule has 146 valence electrons. The lowest BCUT2D eigenvalue weighted by Crippen LogP contribution is -3.00. The van der Waals surface area contributed by atoms with Crippen molar-refractivity contribution in [2.75, 3.05) is 14.0 Å². The fourth-order valence-corrected chi connectivity index (χ4v) is 5.33. The van der Waals surface area contributed by atoms with Crippen molar-refractivity contribution in [3.8, 4) is 0 Å². The molecule has 4 atom stereocenters. The van der Waals surface area contributed by atoms with E-state index < -0.39 is 73.1 Å². The molecule has 8 heteroatoms. The number of morpholine rings is 1. The van der Waals surface area contributed by atoms with E-state index in [0.717, 1.165) is 22.7 Å². The van der Waals surface area contributed by atoms with Crippen LogP contribution in [0, 0.1) is 0 Å². The van der Waals surface area contributed by atoms with Crippen LogP contribution in [0.3, 0.4) is 0 Å². The molecule has 0 spiro atoms. The van der Waals surface area contributed by atoms with Crippen molar-refractivity contribution in [2.24, 2.45) is 0 Å². The lowest BCUT2D eigenvalue weighted by molar-refractivity contribution is -0.938. The number of aliphatic hydroxyl groups is 1. The largest absolute Gasteiger partial charge is 1.00 e. The Bertz CT molecular complexity index is 1090. The predicted molar refractivity (Wildman–Crippen MR) is 99.1 cm³/mol. The number of epoxide rings is 1. The number of halogens is 1. The number of piperidine rings is 1. The Morgan fingerprint density at radius 2 is 1.81 bits per heavy atom. The zero-order valence-electron chi connectivity index (χ0n) is 23.7. The minimum absolute atomic E-state index is 0. The molecule has 3 fully saturated rings. The third kappa shape index (κ3) is 2.84. The van der Waals surface area contributed by atoms with E-state index in [1.54, 1.807) is 22.9 Å². The molecule has 2 aromatic rings. The Hall–Kier alpha value is -0.770. The highest BCUT2D eigenvalue weighted by atomic mass is 79.9. The number of hydrogen-bond donors (Lipinski definition) is 1. The molecule has 2 bridgehead atoms. The van der Waals surface area contributed by atoms with Crippen molar-refractivity contribution >= 4 is 28.6 Å². The fraction of sp³-hybridized carbons (Fsp3) is 0.526. The van der Waals surface area contributed by atoms with Gasteiger partial charge in [-0.15, -0.1) is 22.7 Å². The third-order valence-corrected chi connectivity index (χ3v) is 6.94. The molecule has 1 N–H and O–H groups in total. The zero-order valence-corrected chi connectivity index (χ0v) is 16.9. The average Bonchev–Trinajstić information content (AvgIpc) is 3.21. The topological polar surface area (TPSA) is 59.1 Å². The molecular formula is C19H22BrNO4S2. The monoisotopic (exact) mass is 481 g/mol. The van der Waals surface area contributed by atoms with Gasteiger partial charge in [-0.25, -0.2) is 4.79 Å². The Kier molecular flexibility index (Phi) is 2.67. The summed E-state index contributed by atoms with van der Waals surface area (Å²) in [4.78, 5) is 13.9. The average molecular weight is 482 g/mol. The lowest BCUT2D eigenvalue weighted by atomic mass is 9.95. The van der Waals surface area contributed by atoms with E-state index >= 15 is 0 Å². The SMILES string of the molecule is [2H]C1([2H])C(OC(=O)C(O)(c2cccs2)c2cccs2)C([2H])([2H])C2C3OC3C1[N+]2(C([2H])([2H])[2H])C([2H])([2H])[2H].[Br-]. The number of hydrogen-bond acceptors (Lipinski definition) is 6. The molecule has 0 aromatic carbocycles. The smallest absolute Gasteiger partial charge is 0.349 e. The van der Waals surface area contributed by atoms with Crippen LogP contribution in [0.15, 0.2) is 35.0 Å². The van der Waals surface area contributed by atoms with Crippen LogP contribution in [0.5, 0.6) is 0 Å². The number of carbonyl (C=O) groups excluding carboxylic acids is 1. The summed E-state index contributed by atoms with van der Waals surface area (Å²) in [5.74, 6) is -1.35. The van der Waals surface area contributed by atoms with Gasteiger partial charge in [0.25, 0.3) is 0 Å². The van der Waals surface area contributed by atoms with Crippen LogP contribution in [-0.4, -0.2) is 59.9 Å². The first-order valence-electron chi connectivity index (χ1n) is 13.0. The number of likely N-dealkylation sites (N-methyl/N-ethyl adjacent to an activating group) is 1. The third-order valence-electron chi connectivity index (χ3n) is 4.98. The molecular weight excluding hydrogens is 450 g/mol. The predicted octanol–water partition coefficient (Wildman–Crippen LogP) is -0.650. The summed E-state index contributed by atoms with van der Waals surface area (Å²) in [5.41, 5.74) is -2.37. The van der Waals surface area contributed by atoms with Crippen LogP contribution < -0.4 is 17.0 Å². The molecule has 27 heavy (non-hydrogen) atoms. The first kappa shape index (κ1) is 10.8. The molecule has 3 saturated heterocycles. The Balaban J connectivity index is 0.00000320. The van der Waals surface area contributed by atoms with E-state index in [4.69, 9.17) is 23.2 Å². The standard InChI is InChI=1S/C19H22NO4S2.BrH/c1-20(2)12-9-11(10-13(20)17-16(12)24-17)23-18(21)19(22,14-5-3-7-25-14)15-6-4-8-26-15;/h3-8,11-13,16-17,22H,9-10H2,1-2H3;1H/q+1;/p-1/i1D3,2D3,9D2,10D2;. The van der Waals surface area contributed by atoms with Crippen LogP contribution in [0.25, 0.3) is 0 Å². The van der Waals surface area contributed by atoms with Crippen molar-refractivity contribution in [3.63, 3.8) is 0 Å². The van der Waals surface area contributed by atoms with Gasteiger partial charge in [-0.1, -0.05) is 12.1 Å². The van der Waals surface area contributed by atoms with Gasteiger partial charge in [0.1, 0.15) is 30.4 Å². The number of thiophene rings is 2. The number of nitrogens with zero attached hydrogens (tertiary/aromatic N) is 1. The summed E-state index contributed by atoms with van der Waals surface area (Å²) < 4.78 is 92.9. The summed E-state index contributed by atoms with van der Waals surface area (Å²) in [5, 5.41) is 14.8. The molecule has 5 rings (SSSR count). The fourth-order valence-electron chi connectivity index (χ4n) is 3.62. The van der Waals surface area contributed by atoms with E-state index in [9.17, 15) is 9.90 Å². The highest BCUT2D eigenvalue weighted by molar-refractivity contribution is 7.12. The van der Waals surface area contributed by atoms with Crippen molar-refractivity contribution in [3.05, 3.63) is 44.8 Å². The van der Waals surface area contributed by atoms with Gasteiger partial charge in [-0.2, -0.15) is 0 Å². The number of ether oxygens (including phenoxy) is 2. The summed E-state index contributed by atoms with van der Waals surface area (Å²) in [6.45, 7) is -6.66. The van der Waals surface area contributed by atoms with E-state index in [0.29, 0.717) is 0 Å². The quantitative estimate of drug-likeness (QED) is 0.358. The van der Waals surface area contributed by atoms with Gasteiger partial charge in [0.2, 0.25) is 5.60 Å². The molecule has 0 radical (unpaired) electrons. The Labute approximate surface area is 190 Å².